The highest BCUT2D eigenvalue weighted by atomic mass is 32.1. The third-order valence-corrected chi connectivity index (χ3v) is 5.66. The lowest BCUT2D eigenvalue weighted by Gasteiger charge is -2.09. The molecular weight excluding hydrogens is 391 g/mol. The molecule has 0 fully saturated rings. The van der Waals surface area contributed by atoms with Crippen molar-refractivity contribution >= 4 is 43.5 Å². The number of benzene rings is 2. The van der Waals surface area contributed by atoms with Gasteiger partial charge in [0.15, 0.2) is 10.8 Å². The minimum Gasteiger partial charge on any atom is -0.296 e. The number of nitrogens with one attached hydrogen (secondary N) is 1. The van der Waals surface area contributed by atoms with E-state index in [9.17, 15) is 14.0 Å². The fraction of sp³-hybridized carbons (Fsp3) is 0.238. The summed E-state index contributed by atoms with van der Waals surface area (Å²) in [6, 6.07) is 9.86. The minimum absolute atomic E-state index is 0.123. The molecule has 0 aliphatic carbocycles. The summed E-state index contributed by atoms with van der Waals surface area (Å²) in [4.78, 5) is 29.9. The molecule has 4 rings (SSSR count). The number of rotatable bonds is 4. The summed E-state index contributed by atoms with van der Waals surface area (Å²) in [7, 11) is 0. The topological polar surface area (TPSA) is 76.9 Å². The van der Waals surface area contributed by atoms with E-state index < -0.39 is 17.2 Å². The lowest BCUT2D eigenvalue weighted by molar-refractivity contribution is 0.101. The van der Waals surface area contributed by atoms with Gasteiger partial charge in [-0.2, -0.15) is 5.10 Å². The van der Waals surface area contributed by atoms with E-state index in [2.05, 4.69) is 35.3 Å². The van der Waals surface area contributed by atoms with Crippen molar-refractivity contribution in [1.82, 2.24) is 14.8 Å². The van der Waals surface area contributed by atoms with Crippen molar-refractivity contribution in [3.63, 3.8) is 0 Å². The molecule has 8 heteroatoms. The predicted molar refractivity (Wildman–Crippen MR) is 113 cm³/mol. The van der Waals surface area contributed by atoms with E-state index in [1.54, 1.807) is 0 Å². The van der Waals surface area contributed by atoms with E-state index in [1.807, 2.05) is 19.1 Å². The first-order chi connectivity index (χ1) is 13.9. The van der Waals surface area contributed by atoms with Crippen LogP contribution in [0.2, 0.25) is 0 Å². The van der Waals surface area contributed by atoms with Gasteiger partial charge in [0.05, 0.1) is 21.1 Å². The van der Waals surface area contributed by atoms with Gasteiger partial charge in [-0.05, 0) is 48.7 Å². The van der Waals surface area contributed by atoms with Crippen LogP contribution in [-0.2, 0) is 6.54 Å². The molecule has 0 bridgehead atoms. The zero-order valence-corrected chi connectivity index (χ0v) is 17.0. The molecule has 6 nitrogen and oxygen atoms in total. The van der Waals surface area contributed by atoms with Gasteiger partial charge in [-0.3, -0.25) is 19.6 Å². The Balaban J connectivity index is 1.73. The Bertz CT molecular complexity index is 1310. The zero-order chi connectivity index (χ0) is 20.7. The van der Waals surface area contributed by atoms with Crippen LogP contribution in [0.15, 0.2) is 41.2 Å². The van der Waals surface area contributed by atoms with Crippen LogP contribution < -0.4 is 10.7 Å². The molecule has 0 spiro atoms. The van der Waals surface area contributed by atoms with E-state index >= 15 is 0 Å². The van der Waals surface area contributed by atoms with E-state index in [0.717, 1.165) is 16.3 Å². The molecular formula is C21H19FN4O2S. The fourth-order valence-electron chi connectivity index (χ4n) is 3.16. The number of anilines is 1. The third kappa shape index (κ3) is 3.51. The summed E-state index contributed by atoms with van der Waals surface area (Å²) in [5, 5.41) is 7.36. The first-order valence-corrected chi connectivity index (χ1v) is 10.1. The van der Waals surface area contributed by atoms with Crippen molar-refractivity contribution in [2.75, 3.05) is 5.32 Å². The van der Waals surface area contributed by atoms with Gasteiger partial charge in [0.25, 0.3) is 5.91 Å². The molecule has 0 atom stereocenters. The second-order valence-electron chi connectivity index (χ2n) is 7.01. The van der Waals surface area contributed by atoms with Gasteiger partial charge in [0.1, 0.15) is 5.82 Å². The number of fused-ring (bicyclic) bond motifs is 2. The van der Waals surface area contributed by atoms with Crippen molar-refractivity contribution in [2.45, 2.75) is 33.2 Å². The number of carbonyl (C=O) groups excluding carboxylic acids is 1. The highest BCUT2D eigenvalue weighted by Gasteiger charge is 2.19. The monoisotopic (exact) mass is 410 g/mol. The molecule has 148 valence electrons. The largest absolute Gasteiger partial charge is 0.296 e. The number of hydrogen-bond acceptors (Lipinski definition) is 5. The molecule has 0 unspecified atom stereocenters. The number of carbonyl (C=O) groups is 1. The number of amides is 1. The van der Waals surface area contributed by atoms with Crippen LogP contribution in [0.1, 0.15) is 42.7 Å². The van der Waals surface area contributed by atoms with Crippen LogP contribution in [0.5, 0.6) is 0 Å². The average Bonchev–Trinajstić information content (AvgIpc) is 3.09. The van der Waals surface area contributed by atoms with Crippen molar-refractivity contribution in [2.24, 2.45) is 0 Å². The highest BCUT2D eigenvalue weighted by molar-refractivity contribution is 7.22. The zero-order valence-electron chi connectivity index (χ0n) is 16.2. The van der Waals surface area contributed by atoms with Gasteiger partial charge < -0.3 is 0 Å². The van der Waals surface area contributed by atoms with Crippen molar-refractivity contribution < 1.29 is 9.18 Å². The Hall–Kier alpha value is -3.13. The second-order valence-corrected chi connectivity index (χ2v) is 8.04. The van der Waals surface area contributed by atoms with E-state index in [-0.39, 0.29) is 11.1 Å². The van der Waals surface area contributed by atoms with Crippen LogP contribution in [0.4, 0.5) is 9.52 Å². The second kappa shape index (κ2) is 7.36. The van der Waals surface area contributed by atoms with Gasteiger partial charge >= 0.3 is 0 Å². The van der Waals surface area contributed by atoms with E-state index in [4.69, 9.17) is 0 Å². The normalized spacial score (nSPS) is 11.5. The SMILES string of the molecule is CCn1nc(C(=O)Nc2nc3ccc(C(C)C)cc3s2)c(=O)c2cc(F)ccc21. The van der Waals surface area contributed by atoms with E-state index in [1.165, 1.54) is 33.7 Å². The van der Waals surface area contributed by atoms with Crippen molar-refractivity contribution in [3.8, 4) is 0 Å². The molecule has 2 heterocycles. The first-order valence-electron chi connectivity index (χ1n) is 9.29. The van der Waals surface area contributed by atoms with Gasteiger partial charge in [-0.25, -0.2) is 9.37 Å². The van der Waals surface area contributed by atoms with Crippen molar-refractivity contribution in [3.05, 3.63) is 63.7 Å². The molecule has 1 amide bonds. The molecule has 29 heavy (non-hydrogen) atoms. The first kappa shape index (κ1) is 19.2. The average molecular weight is 410 g/mol. The molecule has 0 aliphatic rings. The van der Waals surface area contributed by atoms with Crippen LogP contribution in [0.3, 0.4) is 0 Å². The van der Waals surface area contributed by atoms with E-state index in [0.29, 0.717) is 23.1 Å². The number of thiazole rings is 1. The van der Waals surface area contributed by atoms with Crippen LogP contribution in [-0.4, -0.2) is 20.7 Å². The number of aryl methyl sites for hydroxylation is 1. The standard InChI is InChI=1S/C21H19FN4O2S/c1-4-26-16-8-6-13(22)10-14(16)19(27)18(25-26)20(28)24-21-23-15-7-5-12(11(2)3)9-17(15)29-21/h5-11H,4H2,1-3H3,(H,23,24,28). The van der Waals surface area contributed by atoms with Gasteiger partial charge in [0, 0.05) is 6.54 Å². The molecule has 1 N–H and O–H groups in total. The summed E-state index contributed by atoms with van der Waals surface area (Å²) in [6.45, 7) is 6.49. The molecule has 2 aromatic heterocycles. The van der Waals surface area contributed by atoms with Crippen LogP contribution in [0, 0.1) is 5.82 Å². The maximum Gasteiger partial charge on any atom is 0.281 e. The highest BCUT2D eigenvalue weighted by Crippen LogP contribution is 2.29. The Morgan fingerprint density at radius 2 is 2.03 bits per heavy atom. The Kier molecular flexibility index (Phi) is 4.87. The lowest BCUT2D eigenvalue weighted by Crippen LogP contribution is -2.27. The number of aromatic nitrogens is 3. The molecule has 0 saturated heterocycles. The van der Waals surface area contributed by atoms with Gasteiger partial charge in [0.2, 0.25) is 5.43 Å². The number of halogens is 1. The molecule has 0 saturated carbocycles. The molecule has 0 radical (unpaired) electrons. The molecule has 2 aromatic carbocycles. The summed E-state index contributed by atoms with van der Waals surface area (Å²) in [6.07, 6.45) is 0. The van der Waals surface area contributed by atoms with Crippen LogP contribution in [0.25, 0.3) is 21.1 Å². The lowest BCUT2D eigenvalue weighted by atomic mass is 10.0. The Labute approximate surface area is 170 Å². The maximum absolute atomic E-state index is 13.7. The van der Waals surface area contributed by atoms with Crippen LogP contribution >= 0.6 is 11.3 Å². The number of nitrogens with zero attached hydrogens (tertiary/aromatic N) is 3. The summed E-state index contributed by atoms with van der Waals surface area (Å²) in [5.74, 6) is -0.817. The predicted octanol–water partition coefficient (Wildman–Crippen LogP) is 4.54. The van der Waals surface area contributed by atoms with Gasteiger partial charge in [-0.15, -0.1) is 0 Å². The smallest absolute Gasteiger partial charge is 0.281 e. The summed E-state index contributed by atoms with van der Waals surface area (Å²) < 4.78 is 16.1. The Morgan fingerprint density at radius 1 is 1.24 bits per heavy atom. The molecule has 4 aromatic rings. The minimum atomic E-state index is -0.661. The van der Waals surface area contributed by atoms with Crippen molar-refractivity contribution in [1.29, 1.82) is 0 Å². The quantitative estimate of drug-likeness (QED) is 0.536. The number of hydrogen-bond donors (Lipinski definition) is 1. The van der Waals surface area contributed by atoms with Gasteiger partial charge in [-0.1, -0.05) is 31.3 Å². The summed E-state index contributed by atoms with van der Waals surface area (Å²) in [5.41, 5.74) is 1.55. The summed E-state index contributed by atoms with van der Waals surface area (Å²) >= 11 is 1.33. The molecule has 0 aliphatic heterocycles. The Morgan fingerprint density at radius 3 is 2.76 bits per heavy atom. The fourth-order valence-corrected chi connectivity index (χ4v) is 4.07. The third-order valence-electron chi connectivity index (χ3n) is 4.73. The maximum atomic E-state index is 13.7.